The van der Waals surface area contributed by atoms with Crippen LogP contribution in [-0.2, 0) is 14.3 Å². The molecule has 2 rings (SSSR count). The van der Waals surface area contributed by atoms with E-state index in [9.17, 15) is 9.59 Å². The van der Waals surface area contributed by atoms with E-state index >= 15 is 0 Å². The molecule has 0 bridgehead atoms. The lowest BCUT2D eigenvalue weighted by molar-refractivity contribution is -0.136. The molecular formula is C14H17Cl2N3O3. The van der Waals surface area contributed by atoms with Crippen LogP contribution in [-0.4, -0.2) is 56.1 Å². The lowest BCUT2D eigenvalue weighted by atomic mass is 10.3. The average molecular weight is 346 g/mol. The van der Waals surface area contributed by atoms with E-state index in [-0.39, 0.29) is 0 Å². The van der Waals surface area contributed by atoms with Gasteiger partial charge in [0.15, 0.2) is 0 Å². The summed E-state index contributed by atoms with van der Waals surface area (Å²) >= 11 is 11.8. The Labute approximate surface area is 138 Å². The van der Waals surface area contributed by atoms with E-state index in [1.165, 1.54) is 6.07 Å². The molecule has 1 fully saturated rings. The molecule has 1 aromatic carbocycles. The topological polar surface area (TPSA) is 70.7 Å². The third-order valence-corrected chi connectivity index (χ3v) is 3.76. The monoisotopic (exact) mass is 345 g/mol. The molecule has 2 N–H and O–H groups in total. The van der Waals surface area contributed by atoms with Gasteiger partial charge in [-0.2, -0.15) is 0 Å². The fourth-order valence-electron chi connectivity index (χ4n) is 2.00. The van der Waals surface area contributed by atoms with Crippen LogP contribution in [0.2, 0.25) is 10.0 Å². The Morgan fingerprint density at radius 1 is 1.18 bits per heavy atom. The smallest absolute Gasteiger partial charge is 0.313 e. The van der Waals surface area contributed by atoms with E-state index in [0.29, 0.717) is 42.0 Å². The molecule has 22 heavy (non-hydrogen) atoms. The summed E-state index contributed by atoms with van der Waals surface area (Å²) in [5.74, 6) is -1.48. The van der Waals surface area contributed by atoms with Crippen LogP contribution in [0.4, 0.5) is 5.69 Å². The number of benzene rings is 1. The number of ether oxygens (including phenoxy) is 1. The van der Waals surface area contributed by atoms with Gasteiger partial charge in [-0.1, -0.05) is 23.2 Å². The predicted molar refractivity (Wildman–Crippen MR) is 85.4 cm³/mol. The van der Waals surface area contributed by atoms with Crippen LogP contribution in [0.3, 0.4) is 0 Å². The third kappa shape index (κ3) is 5.14. The summed E-state index contributed by atoms with van der Waals surface area (Å²) in [6.45, 7) is 4.14. The third-order valence-electron chi connectivity index (χ3n) is 3.20. The zero-order chi connectivity index (χ0) is 15.9. The summed E-state index contributed by atoms with van der Waals surface area (Å²) in [7, 11) is 0. The Bertz CT molecular complexity index is 548. The molecule has 1 aliphatic rings. The normalized spacial score (nSPS) is 15.4. The largest absolute Gasteiger partial charge is 0.379 e. The van der Waals surface area contributed by atoms with E-state index < -0.39 is 11.8 Å². The van der Waals surface area contributed by atoms with Crippen LogP contribution in [0.5, 0.6) is 0 Å². The first-order valence-corrected chi connectivity index (χ1v) is 7.66. The van der Waals surface area contributed by atoms with Gasteiger partial charge in [0, 0.05) is 31.2 Å². The fourth-order valence-corrected chi connectivity index (χ4v) is 2.34. The first-order chi connectivity index (χ1) is 10.6. The Balaban J connectivity index is 1.76. The molecule has 0 aliphatic carbocycles. The van der Waals surface area contributed by atoms with Gasteiger partial charge in [-0.25, -0.2) is 0 Å². The second-order valence-corrected chi connectivity index (χ2v) is 5.63. The highest BCUT2D eigenvalue weighted by Gasteiger charge is 2.16. The molecule has 1 heterocycles. The number of amides is 2. The number of anilines is 1. The van der Waals surface area contributed by atoms with Crippen molar-refractivity contribution < 1.29 is 14.3 Å². The molecule has 0 unspecified atom stereocenters. The molecule has 6 nitrogen and oxygen atoms in total. The van der Waals surface area contributed by atoms with Gasteiger partial charge >= 0.3 is 11.8 Å². The molecule has 2 amide bonds. The van der Waals surface area contributed by atoms with Crippen LogP contribution in [0.15, 0.2) is 18.2 Å². The lowest BCUT2D eigenvalue weighted by Gasteiger charge is -2.26. The van der Waals surface area contributed by atoms with Gasteiger partial charge in [-0.15, -0.1) is 0 Å². The maximum absolute atomic E-state index is 11.8. The summed E-state index contributed by atoms with van der Waals surface area (Å²) < 4.78 is 5.24. The minimum atomic E-state index is -0.772. The van der Waals surface area contributed by atoms with Crippen molar-refractivity contribution in [1.82, 2.24) is 10.2 Å². The molecule has 8 heteroatoms. The highest BCUT2D eigenvalue weighted by molar-refractivity contribution is 6.42. The van der Waals surface area contributed by atoms with Crippen LogP contribution < -0.4 is 10.6 Å². The van der Waals surface area contributed by atoms with Gasteiger partial charge in [-0.05, 0) is 18.2 Å². The van der Waals surface area contributed by atoms with Gasteiger partial charge in [0.05, 0.1) is 23.9 Å². The zero-order valence-electron chi connectivity index (χ0n) is 11.9. The zero-order valence-corrected chi connectivity index (χ0v) is 13.4. The summed E-state index contributed by atoms with van der Waals surface area (Å²) in [4.78, 5) is 25.7. The molecule has 0 aromatic heterocycles. The van der Waals surface area contributed by atoms with E-state index in [0.717, 1.165) is 13.1 Å². The Morgan fingerprint density at radius 2 is 1.91 bits per heavy atom. The first kappa shape index (κ1) is 17.0. The average Bonchev–Trinajstić information content (AvgIpc) is 2.52. The molecular weight excluding hydrogens is 329 g/mol. The number of nitrogens with zero attached hydrogens (tertiary/aromatic N) is 1. The molecule has 1 aliphatic heterocycles. The lowest BCUT2D eigenvalue weighted by Crippen LogP contribution is -2.43. The Kier molecular flexibility index (Phi) is 6.45. The molecule has 120 valence electrons. The number of hydrogen-bond acceptors (Lipinski definition) is 4. The van der Waals surface area contributed by atoms with Crippen LogP contribution in [0.25, 0.3) is 0 Å². The van der Waals surface area contributed by atoms with Crippen molar-refractivity contribution in [1.29, 1.82) is 0 Å². The van der Waals surface area contributed by atoms with Gasteiger partial charge < -0.3 is 15.4 Å². The molecule has 0 saturated carbocycles. The van der Waals surface area contributed by atoms with E-state index in [2.05, 4.69) is 15.5 Å². The standard InChI is InChI=1S/C14H17Cl2N3O3/c15-10-1-2-11(16)12(9-10)18-14(21)13(20)17-3-4-19-5-7-22-8-6-19/h1-2,9H,3-8H2,(H,17,20)(H,18,21). The minimum absolute atomic E-state index is 0.308. The highest BCUT2D eigenvalue weighted by atomic mass is 35.5. The number of nitrogens with one attached hydrogen (secondary N) is 2. The second kappa shape index (κ2) is 8.33. The quantitative estimate of drug-likeness (QED) is 0.809. The molecule has 0 radical (unpaired) electrons. The number of carbonyl (C=O) groups excluding carboxylic acids is 2. The van der Waals surface area contributed by atoms with Crippen LogP contribution in [0, 0.1) is 0 Å². The van der Waals surface area contributed by atoms with Crippen molar-refractivity contribution in [3.63, 3.8) is 0 Å². The van der Waals surface area contributed by atoms with E-state index in [1.807, 2.05) is 0 Å². The second-order valence-electron chi connectivity index (χ2n) is 4.79. The van der Waals surface area contributed by atoms with Gasteiger partial charge in [0.2, 0.25) is 0 Å². The van der Waals surface area contributed by atoms with Crippen molar-refractivity contribution in [3.05, 3.63) is 28.2 Å². The van der Waals surface area contributed by atoms with Gasteiger partial charge in [-0.3, -0.25) is 14.5 Å². The predicted octanol–water partition coefficient (Wildman–Crippen LogP) is 1.38. The van der Waals surface area contributed by atoms with Gasteiger partial charge in [0.25, 0.3) is 0 Å². The maximum Gasteiger partial charge on any atom is 0.313 e. The molecule has 1 aromatic rings. The van der Waals surface area contributed by atoms with Crippen molar-refractivity contribution in [2.24, 2.45) is 0 Å². The van der Waals surface area contributed by atoms with Crippen molar-refractivity contribution in [2.75, 3.05) is 44.7 Å². The van der Waals surface area contributed by atoms with Crippen molar-refractivity contribution >= 4 is 40.7 Å². The SMILES string of the molecule is O=C(NCCN1CCOCC1)C(=O)Nc1cc(Cl)ccc1Cl. The first-order valence-electron chi connectivity index (χ1n) is 6.90. The van der Waals surface area contributed by atoms with E-state index in [1.54, 1.807) is 12.1 Å². The van der Waals surface area contributed by atoms with E-state index in [4.69, 9.17) is 27.9 Å². The molecule has 0 atom stereocenters. The Morgan fingerprint density at radius 3 is 2.64 bits per heavy atom. The van der Waals surface area contributed by atoms with Gasteiger partial charge in [0.1, 0.15) is 0 Å². The summed E-state index contributed by atoms with van der Waals surface area (Å²) in [5, 5.41) is 5.75. The van der Waals surface area contributed by atoms with Crippen LogP contribution >= 0.6 is 23.2 Å². The summed E-state index contributed by atoms with van der Waals surface area (Å²) in [6.07, 6.45) is 0. The number of hydrogen-bond donors (Lipinski definition) is 2. The van der Waals surface area contributed by atoms with Crippen LogP contribution in [0.1, 0.15) is 0 Å². The maximum atomic E-state index is 11.8. The fraction of sp³-hybridized carbons (Fsp3) is 0.429. The van der Waals surface area contributed by atoms with Crippen molar-refractivity contribution in [3.8, 4) is 0 Å². The Hall–Kier alpha value is -1.34. The van der Waals surface area contributed by atoms with Crippen molar-refractivity contribution in [2.45, 2.75) is 0 Å². The number of halogens is 2. The summed E-state index contributed by atoms with van der Waals surface area (Å²) in [5.41, 5.74) is 0.308. The molecule has 0 spiro atoms. The number of morpholine rings is 1. The highest BCUT2D eigenvalue weighted by Crippen LogP contribution is 2.25. The summed E-state index contributed by atoms with van der Waals surface area (Å²) in [6, 6.07) is 4.64. The number of carbonyl (C=O) groups is 2. The number of rotatable bonds is 4. The minimum Gasteiger partial charge on any atom is -0.379 e. The molecule has 1 saturated heterocycles.